The van der Waals surface area contributed by atoms with E-state index in [1.807, 2.05) is 13.0 Å². The molecule has 118 valence electrons. The molecule has 2 nitrogen and oxygen atoms in total. The zero-order valence-electron chi connectivity index (χ0n) is 14.2. The molecule has 0 aromatic rings. The third-order valence-corrected chi connectivity index (χ3v) is 5.04. The van der Waals surface area contributed by atoms with Gasteiger partial charge in [0, 0.05) is 13.1 Å². The molecule has 0 N–H and O–H groups in total. The van der Waals surface area contributed by atoms with Gasteiger partial charge < -0.3 is 4.90 Å². The van der Waals surface area contributed by atoms with Crippen LogP contribution in [0.25, 0.3) is 0 Å². The molecule has 2 atom stereocenters. The highest BCUT2D eigenvalue weighted by atomic mass is 16.2. The highest BCUT2D eigenvalue weighted by Crippen LogP contribution is 2.56. The van der Waals surface area contributed by atoms with Gasteiger partial charge in [0.25, 0.3) is 0 Å². The van der Waals surface area contributed by atoms with E-state index >= 15 is 0 Å². The minimum atomic E-state index is 0.211. The predicted molar refractivity (Wildman–Crippen MR) is 89.0 cm³/mol. The quantitative estimate of drug-likeness (QED) is 0.473. The zero-order valence-corrected chi connectivity index (χ0v) is 14.2. The summed E-state index contributed by atoms with van der Waals surface area (Å²) >= 11 is 0. The number of carbonyl (C=O) groups excluding carboxylic acids is 1. The first-order chi connectivity index (χ1) is 9.94. The Labute approximate surface area is 130 Å². The van der Waals surface area contributed by atoms with Gasteiger partial charge in [-0.2, -0.15) is 0 Å². The van der Waals surface area contributed by atoms with Gasteiger partial charge in [-0.3, -0.25) is 4.79 Å². The van der Waals surface area contributed by atoms with Crippen LogP contribution in [0, 0.1) is 17.3 Å². The lowest BCUT2D eigenvalue weighted by Gasteiger charge is -2.22. The van der Waals surface area contributed by atoms with Crippen molar-refractivity contribution in [1.82, 2.24) is 4.90 Å². The summed E-state index contributed by atoms with van der Waals surface area (Å²) in [7, 11) is 0. The standard InChI is InChI=1S/C19H31NO/c1-5-7-18(21)20(13-16-9-10-16)14-17-12-19(17,4)11-6-8-15(2)3/h5,7-8,16-17H,6,9-14H2,1-4H3/b7-5+. The van der Waals surface area contributed by atoms with Crippen molar-refractivity contribution < 1.29 is 4.79 Å². The van der Waals surface area contributed by atoms with Crippen LogP contribution in [0.5, 0.6) is 0 Å². The Morgan fingerprint density at radius 1 is 1.29 bits per heavy atom. The maximum Gasteiger partial charge on any atom is 0.246 e. The second-order valence-electron chi connectivity index (χ2n) is 7.56. The maximum atomic E-state index is 12.2. The third kappa shape index (κ3) is 5.01. The molecular formula is C19H31NO. The molecule has 2 heteroatoms. The van der Waals surface area contributed by atoms with Gasteiger partial charge in [-0.05, 0) is 76.2 Å². The number of amides is 1. The Bertz CT molecular complexity index is 429. The molecule has 0 spiro atoms. The van der Waals surface area contributed by atoms with Crippen LogP contribution in [-0.4, -0.2) is 23.9 Å². The smallest absolute Gasteiger partial charge is 0.246 e. The fourth-order valence-corrected chi connectivity index (χ4v) is 3.17. The molecule has 2 saturated carbocycles. The van der Waals surface area contributed by atoms with Gasteiger partial charge in [0.15, 0.2) is 0 Å². The molecule has 0 saturated heterocycles. The first kappa shape index (κ1) is 16.3. The van der Waals surface area contributed by atoms with Crippen LogP contribution >= 0.6 is 0 Å². The summed E-state index contributed by atoms with van der Waals surface area (Å²) in [5, 5.41) is 0. The predicted octanol–water partition coefficient (Wildman–Crippen LogP) is 4.57. The fraction of sp³-hybridized carbons (Fsp3) is 0.737. The minimum Gasteiger partial charge on any atom is -0.339 e. The highest BCUT2D eigenvalue weighted by molar-refractivity contribution is 5.87. The molecule has 0 bridgehead atoms. The normalized spacial score (nSPS) is 27.7. The summed E-state index contributed by atoms with van der Waals surface area (Å²) in [6.45, 7) is 10.6. The van der Waals surface area contributed by atoms with Gasteiger partial charge >= 0.3 is 0 Å². The lowest BCUT2D eigenvalue weighted by atomic mass is 9.98. The molecule has 0 aromatic carbocycles. The van der Waals surface area contributed by atoms with Crippen LogP contribution in [0.1, 0.15) is 59.8 Å². The van der Waals surface area contributed by atoms with Crippen LogP contribution in [0.3, 0.4) is 0 Å². The van der Waals surface area contributed by atoms with Crippen LogP contribution in [-0.2, 0) is 4.79 Å². The zero-order chi connectivity index (χ0) is 15.5. The largest absolute Gasteiger partial charge is 0.339 e. The summed E-state index contributed by atoms with van der Waals surface area (Å²) in [4.78, 5) is 14.3. The van der Waals surface area contributed by atoms with Gasteiger partial charge in [-0.1, -0.05) is 24.6 Å². The third-order valence-electron chi connectivity index (χ3n) is 5.04. The maximum absolute atomic E-state index is 12.2. The second kappa shape index (κ2) is 6.81. The van der Waals surface area contributed by atoms with E-state index in [-0.39, 0.29) is 5.91 Å². The summed E-state index contributed by atoms with van der Waals surface area (Å²) in [5.74, 6) is 1.69. The van der Waals surface area contributed by atoms with Crippen molar-refractivity contribution in [3.05, 3.63) is 23.8 Å². The Morgan fingerprint density at radius 3 is 2.57 bits per heavy atom. The van der Waals surface area contributed by atoms with Crippen molar-refractivity contribution in [3.8, 4) is 0 Å². The Kier molecular flexibility index (Phi) is 5.29. The average molecular weight is 289 g/mol. The molecule has 2 aliphatic rings. The minimum absolute atomic E-state index is 0.211. The number of allylic oxidation sites excluding steroid dienone is 3. The van der Waals surface area contributed by atoms with Gasteiger partial charge in [-0.25, -0.2) is 0 Å². The molecule has 0 radical (unpaired) electrons. The molecule has 0 aromatic heterocycles. The highest BCUT2D eigenvalue weighted by Gasteiger charge is 2.49. The lowest BCUT2D eigenvalue weighted by Crippen LogP contribution is -2.34. The first-order valence-electron chi connectivity index (χ1n) is 8.49. The van der Waals surface area contributed by atoms with Crippen LogP contribution in [0.15, 0.2) is 23.8 Å². The molecule has 2 aliphatic carbocycles. The molecule has 21 heavy (non-hydrogen) atoms. The van der Waals surface area contributed by atoms with Crippen molar-refractivity contribution in [2.45, 2.75) is 59.8 Å². The number of carbonyl (C=O) groups is 1. The van der Waals surface area contributed by atoms with Crippen molar-refractivity contribution >= 4 is 5.91 Å². The van der Waals surface area contributed by atoms with E-state index in [4.69, 9.17) is 0 Å². The van der Waals surface area contributed by atoms with Crippen LogP contribution in [0.4, 0.5) is 0 Å². The second-order valence-corrected chi connectivity index (χ2v) is 7.56. The number of rotatable bonds is 8. The average Bonchev–Trinajstić information content (AvgIpc) is 3.29. The number of hydrogen-bond acceptors (Lipinski definition) is 1. The van der Waals surface area contributed by atoms with Gasteiger partial charge in [0.2, 0.25) is 5.91 Å². The molecule has 2 fully saturated rings. The Balaban J connectivity index is 1.83. The molecule has 0 heterocycles. The number of hydrogen-bond donors (Lipinski definition) is 0. The van der Waals surface area contributed by atoms with Crippen molar-refractivity contribution in [2.75, 3.05) is 13.1 Å². The van der Waals surface area contributed by atoms with Gasteiger partial charge in [0.1, 0.15) is 0 Å². The summed E-state index contributed by atoms with van der Waals surface area (Å²) in [6, 6.07) is 0. The van der Waals surface area contributed by atoms with E-state index in [1.165, 1.54) is 37.7 Å². The van der Waals surface area contributed by atoms with Crippen LogP contribution in [0.2, 0.25) is 0 Å². The van der Waals surface area contributed by atoms with Crippen LogP contribution < -0.4 is 0 Å². The van der Waals surface area contributed by atoms with E-state index in [1.54, 1.807) is 6.08 Å². The van der Waals surface area contributed by atoms with E-state index < -0.39 is 0 Å². The summed E-state index contributed by atoms with van der Waals surface area (Å²) in [6.07, 6.45) is 12.3. The molecule has 2 rings (SSSR count). The van der Waals surface area contributed by atoms with E-state index in [2.05, 4.69) is 31.7 Å². The summed E-state index contributed by atoms with van der Waals surface area (Å²) < 4.78 is 0. The Morgan fingerprint density at radius 2 is 2.00 bits per heavy atom. The SMILES string of the molecule is C/C=C/C(=O)N(CC1CC1)CC1CC1(C)CCC=C(C)C. The van der Waals surface area contributed by atoms with E-state index in [9.17, 15) is 4.79 Å². The first-order valence-corrected chi connectivity index (χ1v) is 8.49. The molecular weight excluding hydrogens is 258 g/mol. The molecule has 2 unspecified atom stereocenters. The topological polar surface area (TPSA) is 20.3 Å². The van der Waals surface area contributed by atoms with E-state index in [0.29, 0.717) is 11.3 Å². The number of nitrogens with zero attached hydrogens (tertiary/aromatic N) is 1. The molecule has 1 amide bonds. The fourth-order valence-electron chi connectivity index (χ4n) is 3.17. The Hall–Kier alpha value is -1.05. The van der Waals surface area contributed by atoms with Gasteiger partial charge in [0.05, 0.1) is 0 Å². The van der Waals surface area contributed by atoms with Crippen molar-refractivity contribution in [3.63, 3.8) is 0 Å². The van der Waals surface area contributed by atoms with Crippen molar-refractivity contribution in [1.29, 1.82) is 0 Å². The lowest BCUT2D eigenvalue weighted by molar-refractivity contribution is -0.126. The van der Waals surface area contributed by atoms with Crippen molar-refractivity contribution in [2.24, 2.45) is 17.3 Å². The monoisotopic (exact) mass is 289 g/mol. The van der Waals surface area contributed by atoms with E-state index in [0.717, 1.165) is 19.0 Å². The molecule has 0 aliphatic heterocycles. The van der Waals surface area contributed by atoms with Gasteiger partial charge in [-0.15, -0.1) is 0 Å². The summed E-state index contributed by atoms with van der Waals surface area (Å²) in [5.41, 5.74) is 1.87.